The van der Waals surface area contributed by atoms with Crippen LogP contribution in [0.3, 0.4) is 0 Å². The molecule has 2 N–H and O–H groups in total. The minimum atomic E-state index is -5.31. The molecule has 276 valence electrons. The van der Waals surface area contributed by atoms with Crippen LogP contribution in [0.15, 0.2) is 59.5 Å². The SMILES string of the molecule is CCN(C)Cc1ccc(OC)c(C2([N+]3(C)C[C@H](O)C[C@H]3C(=O)NC)C(=O)N(S(=O)(=O)c3ccc(OC)cc3OC(F)(F)F)c3ccc(Cl)cc32)c1. The van der Waals surface area contributed by atoms with Gasteiger partial charge in [0.1, 0.15) is 29.0 Å². The molecule has 17 heteroatoms. The van der Waals surface area contributed by atoms with Crippen LogP contribution in [0.25, 0.3) is 0 Å². The Kier molecular flexibility index (Phi) is 10.3. The number of likely N-dealkylation sites (N-methyl/N-ethyl adjacent to an activating group) is 2. The molecule has 4 atom stereocenters. The largest absolute Gasteiger partial charge is 0.573 e. The van der Waals surface area contributed by atoms with Crippen LogP contribution >= 0.6 is 11.6 Å². The summed E-state index contributed by atoms with van der Waals surface area (Å²) in [5, 5.41) is 13.9. The number of rotatable bonds is 11. The highest BCUT2D eigenvalue weighted by atomic mass is 35.5. The Morgan fingerprint density at radius 3 is 2.41 bits per heavy atom. The van der Waals surface area contributed by atoms with Gasteiger partial charge in [0.2, 0.25) is 5.54 Å². The normalized spacial score (nSPS) is 23.4. The number of halogens is 4. The van der Waals surface area contributed by atoms with Gasteiger partial charge in [-0.15, -0.1) is 13.2 Å². The van der Waals surface area contributed by atoms with Crippen molar-refractivity contribution < 1.29 is 55.0 Å². The predicted molar refractivity (Wildman–Crippen MR) is 181 cm³/mol. The van der Waals surface area contributed by atoms with Crippen molar-refractivity contribution in [1.29, 1.82) is 0 Å². The maximum atomic E-state index is 15.7. The van der Waals surface area contributed by atoms with Crippen LogP contribution < -0.4 is 23.8 Å². The Morgan fingerprint density at radius 1 is 1.10 bits per heavy atom. The van der Waals surface area contributed by atoms with E-state index in [0.717, 1.165) is 18.2 Å². The van der Waals surface area contributed by atoms with E-state index < -0.39 is 61.0 Å². The highest BCUT2D eigenvalue weighted by Gasteiger charge is 2.72. The Balaban J connectivity index is 1.92. The summed E-state index contributed by atoms with van der Waals surface area (Å²) in [6.45, 7) is 2.81. The number of anilines is 1. The molecule has 3 aromatic carbocycles. The number of fused-ring (bicyclic) bond motifs is 1. The summed E-state index contributed by atoms with van der Waals surface area (Å²) in [6.07, 6.45) is -6.54. The fourth-order valence-electron chi connectivity index (χ4n) is 7.34. The molecule has 2 aliphatic rings. The van der Waals surface area contributed by atoms with Gasteiger partial charge in [-0.1, -0.05) is 24.6 Å². The topological polar surface area (TPSA) is 135 Å². The molecular formula is C34H39ClF3N4O8S+. The summed E-state index contributed by atoms with van der Waals surface area (Å²) < 4.78 is 85.5. The number of sulfonamides is 1. The number of hydrogen-bond acceptors (Lipinski definition) is 9. The number of hydrogen-bond donors (Lipinski definition) is 2. The van der Waals surface area contributed by atoms with Crippen molar-refractivity contribution in [2.45, 2.75) is 48.8 Å². The number of nitrogens with one attached hydrogen (secondary N) is 1. The molecular weight excluding hydrogens is 717 g/mol. The molecule has 2 aliphatic heterocycles. The van der Waals surface area contributed by atoms with Crippen molar-refractivity contribution in [3.63, 3.8) is 0 Å². The zero-order valence-electron chi connectivity index (χ0n) is 28.7. The second kappa shape index (κ2) is 13.8. The Hall–Kier alpha value is -4.09. The number of likely N-dealkylation sites (tertiary alicyclic amines) is 1. The second-order valence-corrected chi connectivity index (χ2v) is 14.8. The molecule has 0 aromatic heterocycles. The first kappa shape index (κ1) is 38.1. The van der Waals surface area contributed by atoms with E-state index in [1.165, 1.54) is 39.5 Å². The van der Waals surface area contributed by atoms with Gasteiger partial charge in [-0.2, -0.15) is 4.31 Å². The molecule has 3 aromatic rings. The maximum absolute atomic E-state index is 15.7. The number of quaternary nitrogens is 1. The Bertz CT molecular complexity index is 1970. The van der Waals surface area contributed by atoms with Crippen LogP contribution in [0.2, 0.25) is 5.02 Å². The van der Waals surface area contributed by atoms with Crippen LogP contribution in [0.4, 0.5) is 18.9 Å². The molecule has 0 spiro atoms. The molecule has 0 radical (unpaired) electrons. The predicted octanol–water partition coefficient (Wildman–Crippen LogP) is 4.01. The number of nitrogens with zero attached hydrogens (tertiary/aromatic N) is 3. The van der Waals surface area contributed by atoms with E-state index in [0.29, 0.717) is 23.0 Å². The van der Waals surface area contributed by atoms with Gasteiger partial charge in [-0.05, 0) is 61.6 Å². The molecule has 0 aliphatic carbocycles. The molecule has 2 heterocycles. The van der Waals surface area contributed by atoms with Gasteiger partial charge in [-0.3, -0.25) is 14.1 Å². The van der Waals surface area contributed by atoms with Crippen LogP contribution in [0.5, 0.6) is 17.2 Å². The molecule has 5 rings (SSSR count). The third-order valence-electron chi connectivity index (χ3n) is 9.69. The lowest BCUT2D eigenvalue weighted by atomic mass is 9.78. The van der Waals surface area contributed by atoms with E-state index in [9.17, 15) is 31.5 Å². The fraction of sp³-hybridized carbons (Fsp3) is 0.412. The molecule has 12 nitrogen and oxygen atoms in total. The molecule has 1 saturated heterocycles. The number of aliphatic hydroxyl groups excluding tert-OH is 1. The molecule has 51 heavy (non-hydrogen) atoms. The summed E-state index contributed by atoms with van der Waals surface area (Å²) in [5.74, 6) is -2.80. The smallest absolute Gasteiger partial charge is 0.497 e. The lowest BCUT2D eigenvalue weighted by Crippen LogP contribution is -2.69. The molecule has 1 fully saturated rings. The van der Waals surface area contributed by atoms with E-state index in [4.69, 9.17) is 21.1 Å². The van der Waals surface area contributed by atoms with Crippen LogP contribution in [-0.2, 0) is 31.7 Å². The number of carbonyl (C=O) groups excluding carboxylic acids is 2. The summed E-state index contributed by atoms with van der Waals surface area (Å²) in [7, 11) is 2.13. The van der Waals surface area contributed by atoms with Gasteiger partial charge < -0.3 is 29.5 Å². The zero-order valence-corrected chi connectivity index (χ0v) is 30.3. The first-order valence-electron chi connectivity index (χ1n) is 15.8. The first-order chi connectivity index (χ1) is 23.9. The summed E-state index contributed by atoms with van der Waals surface area (Å²) in [5.41, 5.74) is -1.52. The van der Waals surface area contributed by atoms with E-state index in [1.54, 1.807) is 25.2 Å². The first-order valence-corrected chi connectivity index (χ1v) is 17.7. The van der Waals surface area contributed by atoms with E-state index in [-0.39, 0.29) is 46.3 Å². The number of alkyl halides is 3. The van der Waals surface area contributed by atoms with Crippen LogP contribution in [-0.4, -0.2) is 102 Å². The van der Waals surface area contributed by atoms with Gasteiger partial charge >= 0.3 is 12.3 Å². The number of benzene rings is 3. The van der Waals surface area contributed by atoms with E-state index in [1.807, 2.05) is 18.9 Å². The van der Waals surface area contributed by atoms with Crippen molar-refractivity contribution in [2.24, 2.45) is 0 Å². The highest BCUT2D eigenvalue weighted by Crippen LogP contribution is 2.58. The molecule has 0 bridgehead atoms. The lowest BCUT2D eigenvalue weighted by Gasteiger charge is -2.48. The van der Waals surface area contributed by atoms with Gasteiger partial charge in [0, 0.05) is 31.1 Å². The molecule has 2 amide bonds. The summed E-state index contributed by atoms with van der Waals surface area (Å²) in [6, 6.07) is 10.7. The Labute approximate surface area is 298 Å². The van der Waals surface area contributed by atoms with Gasteiger partial charge in [0.25, 0.3) is 15.9 Å². The number of carbonyl (C=O) groups is 2. The molecule has 2 unspecified atom stereocenters. The fourth-order valence-corrected chi connectivity index (χ4v) is 9.07. The number of ether oxygens (including phenoxy) is 3. The Morgan fingerprint density at radius 2 is 1.80 bits per heavy atom. The summed E-state index contributed by atoms with van der Waals surface area (Å²) >= 11 is 6.58. The quantitative estimate of drug-likeness (QED) is 0.279. The monoisotopic (exact) mass is 755 g/mol. The van der Waals surface area contributed by atoms with Gasteiger partial charge in [-0.25, -0.2) is 8.42 Å². The average molecular weight is 756 g/mol. The van der Waals surface area contributed by atoms with Crippen molar-refractivity contribution in [3.8, 4) is 17.2 Å². The minimum Gasteiger partial charge on any atom is -0.497 e. The number of amides is 2. The number of aliphatic hydroxyl groups is 1. The minimum absolute atomic E-state index is 0.0279. The lowest BCUT2D eigenvalue weighted by molar-refractivity contribution is -0.953. The van der Waals surface area contributed by atoms with Crippen LogP contribution in [0.1, 0.15) is 30.0 Å². The number of methoxy groups -OCH3 is 2. The average Bonchev–Trinajstić information content (AvgIpc) is 3.53. The molecule has 0 saturated carbocycles. The highest BCUT2D eigenvalue weighted by molar-refractivity contribution is 7.93. The van der Waals surface area contributed by atoms with Gasteiger partial charge in [0.05, 0.1) is 38.1 Å². The zero-order chi connectivity index (χ0) is 37.7. The standard InChI is InChI=1S/C34H38ClF3N4O8S/c1-7-40(3)18-20-8-12-28(49-6)25(14-20)33(42(4)19-22(43)16-27(42)31(44)39-2)24-15-21(35)9-11-26(24)41(32(33)45)51(46,47)30-13-10-23(48-5)17-29(30)50-34(36,37)38/h8-15,17,22,27,43H,7,16,18-19H2,1-6H3/p+1/t22-,27+,33?,42?/m1/s1. The maximum Gasteiger partial charge on any atom is 0.573 e. The third kappa shape index (κ3) is 6.37. The van der Waals surface area contributed by atoms with E-state index >= 15 is 4.79 Å². The van der Waals surface area contributed by atoms with E-state index in [2.05, 4.69) is 10.1 Å². The third-order valence-corrected chi connectivity index (χ3v) is 11.7. The van der Waals surface area contributed by atoms with Crippen LogP contribution in [0, 0.1) is 0 Å². The van der Waals surface area contributed by atoms with Crippen molar-refractivity contribution >= 4 is 39.1 Å². The van der Waals surface area contributed by atoms with Crippen molar-refractivity contribution in [3.05, 3.63) is 76.3 Å². The van der Waals surface area contributed by atoms with Crippen molar-refractivity contribution in [1.82, 2.24) is 10.2 Å². The second-order valence-electron chi connectivity index (χ2n) is 12.6. The summed E-state index contributed by atoms with van der Waals surface area (Å²) in [4.78, 5) is 30.3. The van der Waals surface area contributed by atoms with Gasteiger partial charge in [0.15, 0.2) is 11.8 Å². The van der Waals surface area contributed by atoms with Crippen molar-refractivity contribution in [2.75, 3.05) is 52.8 Å².